The van der Waals surface area contributed by atoms with Crippen molar-refractivity contribution < 1.29 is 9.59 Å². The SMILES string of the molecule is O=C1CC(=O)/C(=C/c2ccnc(N3CCC(CNCc4ccc5cccnc5n4)CC3)n2)S1. The quantitative estimate of drug-likeness (QED) is 0.439. The smallest absolute Gasteiger partial charge is 0.225 e. The monoisotopic (exact) mass is 460 g/mol. The van der Waals surface area contributed by atoms with Crippen molar-refractivity contribution in [2.45, 2.75) is 25.8 Å². The van der Waals surface area contributed by atoms with Crippen LogP contribution >= 0.6 is 11.8 Å². The molecule has 0 bridgehead atoms. The molecule has 0 radical (unpaired) electrons. The lowest BCUT2D eigenvalue weighted by molar-refractivity contribution is -0.119. The third-order valence-corrected chi connectivity index (χ3v) is 6.84. The van der Waals surface area contributed by atoms with E-state index in [1.807, 2.05) is 18.2 Å². The highest BCUT2D eigenvalue weighted by atomic mass is 32.2. The number of Topliss-reactive ketones (excluding diaryl/α,β-unsaturated/α-hetero) is 1. The Labute approximate surface area is 195 Å². The summed E-state index contributed by atoms with van der Waals surface area (Å²) in [6, 6.07) is 9.82. The van der Waals surface area contributed by atoms with Gasteiger partial charge >= 0.3 is 0 Å². The molecule has 9 heteroatoms. The first-order chi connectivity index (χ1) is 16.1. The van der Waals surface area contributed by atoms with Crippen LogP contribution in [0.1, 0.15) is 30.7 Å². The molecule has 0 aromatic carbocycles. The molecule has 2 aliphatic heterocycles. The summed E-state index contributed by atoms with van der Waals surface area (Å²) >= 11 is 1.00. The number of rotatable bonds is 6. The molecule has 1 N–H and O–H groups in total. The van der Waals surface area contributed by atoms with E-state index in [1.54, 1.807) is 24.5 Å². The number of nitrogens with zero attached hydrogens (tertiary/aromatic N) is 5. The van der Waals surface area contributed by atoms with E-state index in [4.69, 9.17) is 0 Å². The van der Waals surface area contributed by atoms with Crippen molar-refractivity contribution in [3.8, 4) is 0 Å². The summed E-state index contributed by atoms with van der Waals surface area (Å²) in [5.74, 6) is 1.13. The molecule has 5 rings (SSSR count). The zero-order valence-electron chi connectivity index (χ0n) is 18.1. The van der Waals surface area contributed by atoms with Crippen LogP contribution in [0.15, 0.2) is 47.6 Å². The predicted octanol–water partition coefficient (Wildman–Crippen LogP) is 3.00. The van der Waals surface area contributed by atoms with E-state index in [-0.39, 0.29) is 17.3 Å². The Kier molecular flexibility index (Phi) is 6.41. The molecule has 0 unspecified atom stereocenters. The van der Waals surface area contributed by atoms with Crippen molar-refractivity contribution in [2.24, 2.45) is 5.92 Å². The van der Waals surface area contributed by atoms with E-state index in [9.17, 15) is 9.59 Å². The topological polar surface area (TPSA) is 101 Å². The van der Waals surface area contributed by atoms with E-state index in [0.29, 0.717) is 22.5 Å². The van der Waals surface area contributed by atoms with Gasteiger partial charge in [0.25, 0.3) is 0 Å². The molecule has 2 fully saturated rings. The van der Waals surface area contributed by atoms with Gasteiger partial charge in [-0.1, -0.05) is 0 Å². The fourth-order valence-corrected chi connectivity index (χ4v) is 4.92. The first kappa shape index (κ1) is 21.7. The summed E-state index contributed by atoms with van der Waals surface area (Å²) in [5.41, 5.74) is 2.44. The molecule has 3 aromatic rings. The van der Waals surface area contributed by atoms with E-state index < -0.39 is 0 Å². The first-order valence-electron chi connectivity index (χ1n) is 11.1. The molecule has 0 saturated carbocycles. The second kappa shape index (κ2) is 9.76. The molecule has 8 nitrogen and oxygen atoms in total. The molecule has 5 heterocycles. The zero-order chi connectivity index (χ0) is 22.6. The maximum Gasteiger partial charge on any atom is 0.225 e. The molecular formula is C24H24N6O2S. The zero-order valence-corrected chi connectivity index (χ0v) is 18.9. The van der Waals surface area contributed by atoms with Gasteiger partial charge in [-0.25, -0.2) is 19.9 Å². The van der Waals surface area contributed by atoms with Crippen LogP contribution in [0.5, 0.6) is 0 Å². The van der Waals surface area contributed by atoms with Crippen LogP contribution in [0.3, 0.4) is 0 Å². The molecule has 0 spiro atoms. The second-order valence-corrected chi connectivity index (χ2v) is 9.38. The summed E-state index contributed by atoms with van der Waals surface area (Å²) in [4.78, 5) is 43.9. The third-order valence-electron chi connectivity index (χ3n) is 5.91. The lowest BCUT2D eigenvalue weighted by Crippen LogP contribution is -2.38. The molecule has 33 heavy (non-hydrogen) atoms. The van der Waals surface area contributed by atoms with Gasteiger partial charge in [-0.2, -0.15) is 0 Å². The number of hydrogen-bond donors (Lipinski definition) is 1. The van der Waals surface area contributed by atoms with E-state index in [2.05, 4.69) is 36.2 Å². The summed E-state index contributed by atoms with van der Waals surface area (Å²) in [5, 5.41) is 4.49. The van der Waals surface area contributed by atoms with Gasteiger partial charge < -0.3 is 10.2 Å². The highest BCUT2D eigenvalue weighted by Gasteiger charge is 2.26. The van der Waals surface area contributed by atoms with Crippen LogP contribution in [-0.4, -0.2) is 50.5 Å². The van der Waals surface area contributed by atoms with Crippen LogP contribution in [0.4, 0.5) is 5.95 Å². The maximum atomic E-state index is 11.9. The van der Waals surface area contributed by atoms with Crippen molar-refractivity contribution >= 4 is 45.7 Å². The minimum atomic E-state index is -0.131. The number of piperidine rings is 1. The number of allylic oxidation sites excluding steroid dienone is 1. The Morgan fingerprint density at radius 1 is 1.06 bits per heavy atom. The van der Waals surface area contributed by atoms with Gasteiger partial charge in [-0.05, 0) is 73.5 Å². The number of carbonyl (C=O) groups excluding carboxylic acids is 2. The van der Waals surface area contributed by atoms with Gasteiger partial charge in [0.2, 0.25) is 11.1 Å². The number of pyridine rings is 2. The number of nitrogens with one attached hydrogen (secondary N) is 1. The van der Waals surface area contributed by atoms with E-state index in [0.717, 1.165) is 67.5 Å². The fourth-order valence-electron chi connectivity index (χ4n) is 4.10. The molecule has 168 valence electrons. The molecule has 0 amide bonds. The number of fused-ring (bicyclic) bond motifs is 1. The van der Waals surface area contributed by atoms with Crippen molar-refractivity contribution in [3.05, 3.63) is 59.0 Å². The maximum absolute atomic E-state index is 11.9. The number of carbonyl (C=O) groups is 2. The summed E-state index contributed by atoms with van der Waals surface area (Å²) in [7, 11) is 0. The van der Waals surface area contributed by atoms with Crippen molar-refractivity contribution in [3.63, 3.8) is 0 Å². The average molecular weight is 461 g/mol. The Morgan fingerprint density at radius 2 is 1.94 bits per heavy atom. The normalized spacial score (nSPS) is 18.5. The van der Waals surface area contributed by atoms with E-state index in [1.165, 1.54) is 0 Å². The number of thioether (sulfide) groups is 1. The van der Waals surface area contributed by atoms with Gasteiger partial charge in [-0.15, -0.1) is 0 Å². The van der Waals surface area contributed by atoms with Crippen LogP contribution in [0, 0.1) is 5.92 Å². The van der Waals surface area contributed by atoms with Crippen LogP contribution < -0.4 is 10.2 Å². The summed E-state index contributed by atoms with van der Waals surface area (Å²) in [6.45, 7) is 3.44. The van der Waals surface area contributed by atoms with Gasteiger partial charge in [0.15, 0.2) is 11.4 Å². The Hall–Kier alpha value is -3.17. The van der Waals surface area contributed by atoms with Crippen molar-refractivity contribution in [1.29, 1.82) is 0 Å². The standard InChI is InChI=1S/C24H24N6O2S/c31-20-13-22(32)33-21(20)12-18-5-9-27-24(29-18)30-10-6-16(7-11-30)14-25-15-19-4-3-17-2-1-8-26-23(17)28-19/h1-5,8-9,12,16,25H,6-7,10-11,13-15H2/b21-12-. The minimum Gasteiger partial charge on any atom is -0.341 e. The highest BCUT2D eigenvalue weighted by molar-refractivity contribution is 8.18. The Morgan fingerprint density at radius 3 is 2.76 bits per heavy atom. The number of hydrogen-bond acceptors (Lipinski definition) is 9. The number of aromatic nitrogens is 4. The van der Waals surface area contributed by atoms with Crippen LogP contribution in [0.25, 0.3) is 17.1 Å². The Bertz CT molecular complexity index is 1220. The van der Waals surface area contributed by atoms with Crippen LogP contribution in [0.2, 0.25) is 0 Å². The lowest BCUT2D eigenvalue weighted by Gasteiger charge is -2.32. The number of ketones is 1. The van der Waals surface area contributed by atoms with Gasteiger partial charge in [0.1, 0.15) is 0 Å². The molecule has 3 aromatic heterocycles. The molecule has 0 aliphatic carbocycles. The summed E-state index contributed by atoms with van der Waals surface area (Å²) in [6.07, 6.45) is 7.25. The molecule has 0 atom stereocenters. The van der Waals surface area contributed by atoms with Gasteiger partial charge in [0.05, 0.1) is 22.7 Å². The van der Waals surface area contributed by atoms with Crippen molar-refractivity contribution in [2.75, 3.05) is 24.5 Å². The van der Waals surface area contributed by atoms with Gasteiger partial charge in [-0.3, -0.25) is 9.59 Å². The minimum absolute atomic E-state index is 0.0240. The largest absolute Gasteiger partial charge is 0.341 e. The van der Waals surface area contributed by atoms with Crippen molar-refractivity contribution in [1.82, 2.24) is 25.3 Å². The molecule has 2 aliphatic rings. The van der Waals surface area contributed by atoms with Gasteiger partial charge in [0, 0.05) is 37.4 Å². The third kappa shape index (κ3) is 5.26. The lowest BCUT2D eigenvalue weighted by atomic mass is 9.97. The molecular weight excluding hydrogens is 436 g/mol. The predicted molar refractivity (Wildman–Crippen MR) is 128 cm³/mol. The Balaban J connectivity index is 1.12. The van der Waals surface area contributed by atoms with Crippen LogP contribution in [-0.2, 0) is 16.1 Å². The highest BCUT2D eigenvalue weighted by Crippen LogP contribution is 2.30. The average Bonchev–Trinajstić information content (AvgIpc) is 3.16. The summed E-state index contributed by atoms with van der Waals surface area (Å²) < 4.78 is 0. The van der Waals surface area contributed by atoms with E-state index >= 15 is 0 Å². The molecule has 2 saturated heterocycles. The fraction of sp³-hybridized carbons (Fsp3) is 0.333. The second-order valence-electron chi connectivity index (χ2n) is 8.28. The number of anilines is 1. The first-order valence-corrected chi connectivity index (χ1v) is 11.9.